The predicted molar refractivity (Wildman–Crippen MR) is 109 cm³/mol. The Balaban J connectivity index is 1.99. The number of methoxy groups -OCH3 is 2. The number of carbonyl (C=O) groups excluding carboxylic acids is 1. The van der Waals surface area contributed by atoms with Crippen molar-refractivity contribution in [3.8, 4) is 5.75 Å². The number of hydrogen-bond donors (Lipinski definition) is 1. The fourth-order valence-electron chi connectivity index (χ4n) is 3.44. The van der Waals surface area contributed by atoms with Gasteiger partial charge in [-0.1, -0.05) is 24.9 Å². The Morgan fingerprint density at radius 3 is 2.70 bits per heavy atom. The molecule has 6 heteroatoms. The lowest BCUT2D eigenvalue weighted by atomic mass is 9.78. The molecule has 1 aromatic carbocycles. The van der Waals surface area contributed by atoms with Gasteiger partial charge in [0, 0.05) is 26.3 Å². The van der Waals surface area contributed by atoms with E-state index in [0.717, 1.165) is 32.1 Å². The summed E-state index contributed by atoms with van der Waals surface area (Å²) in [6, 6.07) is 5.29. The van der Waals surface area contributed by atoms with E-state index in [2.05, 4.69) is 12.2 Å². The van der Waals surface area contributed by atoms with Crippen LogP contribution < -0.4 is 10.1 Å². The van der Waals surface area contributed by atoms with E-state index in [1.165, 1.54) is 0 Å². The highest BCUT2D eigenvalue weighted by atomic mass is 35.5. The second-order valence-corrected chi connectivity index (χ2v) is 8.47. The van der Waals surface area contributed by atoms with E-state index in [-0.39, 0.29) is 11.5 Å². The zero-order valence-electron chi connectivity index (χ0n) is 17.1. The number of rotatable bonds is 8. The van der Waals surface area contributed by atoms with Crippen LogP contribution in [0.15, 0.2) is 18.2 Å². The van der Waals surface area contributed by atoms with Crippen LogP contribution in [0.4, 0.5) is 5.69 Å². The van der Waals surface area contributed by atoms with Gasteiger partial charge < -0.3 is 19.5 Å². The Bertz CT molecular complexity index is 649. The zero-order valence-corrected chi connectivity index (χ0v) is 17.8. The van der Waals surface area contributed by atoms with Crippen molar-refractivity contribution in [1.82, 2.24) is 0 Å². The molecule has 1 aromatic rings. The molecule has 0 bridgehead atoms. The van der Waals surface area contributed by atoms with Gasteiger partial charge in [0.05, 0.1) is 17.2 Å². The van der Waals surface area contributed by atoms with Gasteiger partial charge in [-0.25, -0.2) is 0 Å². The molecule has 1 fully saturated rings. The van der Waals surface area contributed by atoms with E-state index in [1.54, 1.807) is 32.4 Å². The molecular formula is C21H32ClNO4. The Morgan fingerprint density at radius 1 is 1.37 bits per heavy atom. The van der Waals surface area contributed by atoms with Gasteiger partial charge in [-0.15, -0.1) is 0 Å². The van der Waals surface area contributed by atoms with E-state index in [9.17, 15) is 4.79 Å². The Morgan fingerprint density at radius 2 is 2.11 bits per heavy atom. The first-order chi connectivity index (χ1) is 12.7. The Hall–Kier alpha value is -1.30. The van der Waals surface area contributed by atoms with Crippen molar-refractivity contribution < 1.29 is 19.0 Å². The van der Waals surface area contributed by atoms with Gasteiger partial charge in [0.15, 0.2) is 0 Å². The van der Waals surface area contributed by atoms with Crippen LogP contribution in [0, 0.1) is 5.92 Å². The first kappa shape index (κ1) is 22.0. The standard InChI is InChI=1S/C21H32ClNO4/c1-15-7-6-10-21(14-15,26-5)19(24)23-16-8-9-18(17(22)13-16)27-12-11-20(2,3)25-4/h8-9,13,15H,6-7,10-12,14H2,1-5H3,(H,23,24)/t15-,21+/m1/s1. The number of hydrogen-bond acceptors (Lipinski definition) is 4. The van der Waals surface area contributed by atoms with Gasteiger partial charge in [-0.3, -0.25) is 4.79 Å². The second-order valence-electron chi connectivity index (χ2n) is 8.06. The molecule has 1 N–H and O–H groups in total. The molecule has 5 nitrogen and oxygen atoms in total. The summed E-state index contributed by atoms with van der Waals surface area (Å²) in [7, 11) is 3.30. The molecule has 0 saturated heterocycles. The van der Waals surface area contributed by atoms with E-state index < -0.39 is 5.60 Å². The van der Waals surface area contributed by atoms with Gasteiger partial charge in [0.1, 0.15) is 11.4 Å². The smallest absolute Gasteiger partial charge is 0.256 e. The first-order valence-corrected chi connectivity index (χ1v) is 9.93. The highest BCUT2D eigenvalue weighted by molar-refractivity contribution is 6.32. The molecule has 2 rings (SSSR count). The minimum absolute atomic E-state index is 0.108. The maximum Gasteiger partial charge on any atom is 0.256 e. The number of benzene rings is 1. The lowest BCUT2D eigenvalue weighted by molar-refractivity contribution is -0.143. The van der Waals surface area contributed by atoms with E-state index >= 15 is 0 Å². The molecule has 1 amide bonds. The van der Waals surface area contributed by atoms with Crippen molar-refractivity contribution in [2.24, 2.45) is 5.92 Å². The first-order valence-electron chi connectivity index (χ1n) is 9.55. The normalized spacial score (nSPS) is 23.1. The largest absolute Gasteiger partial charge is 0.492 e. The van der Waals surface area contributed by atoms with Crippen molar-refractivity contribution in [2.75, 3.05) is 26.1 Å². The van der Waals surface area contributed by atoms with Crippen LogP contribution in [0.5, 0.6) is 5.75 Å². The second kappa shape index (κ2) is 9.26. The Labute approximate surface area is 167 Å². The number of ether oxygens (including phenoxy) is 3. The molecule has 0 heterocycles. The molecule has 152 valence electrons. The van der Waals surface area contributed by atoms with Crippen molar-refractivity contribution >= 4 is 23.2 Å². The van der Waals surface area contributed by atoms with Crippen LogP contribution in [0.25, 0.3) is 0 Å². The maximum absolute atomic E-state index is 12.9. The molecular weight excluding hydrogens is 366 g/mol. The lowest BCUT2D eigenvalue weighted by Crippen LogP contribution is -2.47. The van der Waals surface area contributed by atoms with Crippen molar-refractivity contribution in [1.29, 1.82) is 0 Å². The molecule has 0 unspecified atom stereocenters. The lowest BCUT2D eigenvalue weighted by Gasteiger charge is -2.37. The zero-order chi connectivity index (χ0) is 20.1. The van der Waals surface area contributed by atoms with E-state index in [1.807, 2.05) is 13.8 Å². The monoisotopic (exact) mass is 397 g/mol. The average Bonchev–Trinajstić information content (AvgIpc) is 2.63. The summed E-state index contributed by atoms with van der Waals surface area (Å²) < 4.78 is 16.8. The fourth-order valence-corrected chi connectivity index (χ4v) is 3.67. The molecule has 1 saturated carbocycles. The quantitative estimate of drug-likeness (QED) is 0.665. The molecule has 0 radical (unpaired) electrons. The summed E-state index contributed by atoms with van der Waals surface area (Å²) in [5.41, 5.74) is -0.360. The maximum atomic E-state index is 12.9. The van der Waals surface area contributed by atoms with Crippen LogP contribution in [-0.2, 0) is 14.3 Å². The SMILES string of the molecule is COC(C)(C)CCOc1ccc(NC(=O)[C@]2(OC)CCC[C@@H](C)C2)cc1Cl. The van der Waals surface area contributed by atoms with Gasteiger partial charge in [0.25, 0.3) is 5.91 Å². The molecule has 27 heavy (non-hydrogen) atoms. The molecule has 0 aliphatic heterocycles. The molecule has 0 aromatic heterocycles. The van der Waals surface area contributed by atoms with Gasteiger partial charge in [0.2, 0.25) is 0 Å². The number of anilines is 1. The molecule has 0 spiro atoms. The summed E-state index contributed by atoms with van der Waals surface area (Å²) in [4.78, 5) is 12.9. The Kier molecular flexibility index (Phi) is 7.55. The van der Waals surface area contributed by atoms with Crippen molar-refractivity contribution in [3.05, 3.63) is 23.2 Å². The average molecular weight is 398 g/mol. The third-order valence-electron chi connectivity index (χ3n) is 5.46. The third kappa shape index (κ3) is 5.84. The number of nitrogens with one attached hydrogen (secondary N) is 1. The fraction of sp³-hybridized carbons (Fsp3) is 0.667. The summed E-state index contributed by atoms with van der Waals surface area (Å²) >= 11 is 6.34. The minimum atomic E-state index is -0.759. The highest BCUT2D eigenvalue weighted by Gasteiger charge is 2.42. The highest BCUT2D eigenvalue weighted by Crippen LogP contribution is 2.36. The molecule has 1 aliphatic carbocycles. The topological polar surface area (TPSA) is 56.8 Å². The number of carbonyl (C=O) groups is 1. The van der Waals surface area contributed by atoms with Crippen molar-refractivity contribution in [3.63, 3.8) is 0 Å². The number of amides is 1. The third-order valence-corrected chi connectivity index (χ3v) is 5.76. The summed E-state index contributed by atoms with van der Waals surface area (Å²) in [6.45, 7) is 6.67. The molecule has 1 aliphatic rings. The minimum Gasteiger partial charge on any atom is -0.492 e. The number of halogens is 1. The molecule has 2 atom stereocenters. The van der Waals surface area contributed by atoms with Crippen LogP contribution >= 0.6 is 11.6 Å². The van der Waals surface area contributed by atoms with Crippen LogP contribution in [0.3, 0.4) is 0 Å². The predicted octanol–water partition coefficient (Wildman–Crippen LogP) is 5.07. The van der Waals surface area contributed by atoms with Gasteiger partial charge in [-0.2, -0.15) is 0 Å². The summed E-state index contributed by atoms with van der Waals surface area (Å²) in [6.07, 6.45) is 4.35. The van der Waals surface area contributed by atoms with Crippen molar-refractivity contribution in [2.45, 2.75) is 64.1 Å². The van der Waals surface area contributed by atoms with E-state index in [0.29, 0.717) is 29.0 Å². The van der Waals surface area contributed by atoms with Gasteiger partial charge >= 0.3 is 0 Å². The van der Waals surface area contributed by atoms with E-state index in [4.69, 9.17) is 25.8 Å². The van der Waals surface area contributed by atoms with Crippen LogP contribution in [-0.4, -0.2) is 37.9 Å². The summed E-state index contributed by atoms with van der Waals surface area (Å²) in [5.74, 6) is 0.956. The van der Waals surface area contributed by atoms with Gasteiger partial charge in [-0.05, 0) is 57.2 Å². The summed E-state index contributed by atoms with van der Waals surface area (Å²) in [5, 5.41) is 3.42. The van der Waals surface area contributed by atoms with Crippen LogP contribution in [0.1, 0.15) is 52.9 Å². The van der Waals surface area contributed by atoms with Crippen LogP contribution in [0.2, 0.25) is 5.02 Å².